The van der Waals surface area contributed by atoms with Crippen LogP contribution in [0.1, 0.15) is 323 Å². The van der Waals surface area contributed by atoms with Gasteiger partial charge in [0.05, 0.1) is 32.5 Å². The molecule has 18 aliphatic rings. The quantitative estimate of drug-likeness (QED) is 0.0267. The van der Waals surface area contributed by atoms with Crippen LogP contribution < -0.4 is 0 Å². The number of rotatable bonds is 51. The SMILES string of the molecule is C1=CC2CC1CC2CCCCCCC1CO1.C1=CC2CC1CC2CCc1ccccc1.C1=CC2CC1CC2COCC1CO1.CCCCCCCCCCC1CC2C=CC1C2.CCCCCCCCCCCCC1CC2C=CC1C2.CCO[Si](OCC)(OCC)C1CC2C=CC1C2.CO[Si](CCC1CC2C=CC1C2)(OC)OC.CO[Si](OC)(OC)C1CC2C=CC1C2. The molecule has 2 aliphatic heterocycles. The maximum Gasteiger partial charge on any atom is 0.504 e. The third-order valence-electron chi connectivity index (χ3n) is 33.9. The van der Waals surface area contributed by atoms with Gasteiger partial charge in [-0.15, -0.1) is 0 Å². The highest BCUT2D eigenvalue weighted by atomic mass is 28.4. The zero-order valence-corrected chi connectivity index (χ0v) is 85.5. The third kappa shape index (κ3) is 32.2. The number of fused-ring (bicyclic) bond motifs is 16. The third-order valence-corrected chi connectivity index (χ3v) is 43.6. The molecule has 8 saturated carbocycles. The molecular weight excluding hydrogens is 1620 g/mol. The van der Waals surface area contributed by atoms with E-state index in [-0.39, 0.29) is 0 Å². The normalized spacial score (nSPS) is 34.0. The van der Waals surface area contributed by atoms with Crippen LogP contribution in [0.15, 0.2) is 128 Å². The molecule has 0 N–H and O–H groups in total. The standard InChI is InChI=1S/C19H34.C17H30.C15H24O.C15H18.C13H24O3Si.C12H22O3Si.C11H16O2.C10H18O3Si/c1-2-3-4-5-6-7-8-9-10-11-12-18-15-17-13-14-19(18)16-17;1-2-3-4-5-6-7-8-9-10-16-13-15-11-12-17(16)14-15;1(2-4-6-15-11-16-15)3-5-13-9-12-7-8-14(13)10-12;1-2-4-12(5-3-1)6-8-14-10-13-7-9-15(14)11-13;1-4-14-17(15-5-2,16-6-3)13-10-11-7-8-12(13)9-11;1-13-16(14-2,15-3)7-6-12-9-10-4-5-11(12)8-10;1-2-9-3-8(1)4-10(9)5-12-6-11-7-13-11;1-11-14(12-2,13-3)10-7-8-4-5-9(10)6-8/h13-14,17-19H,2-12,15-16H2,1H3;11-12,15-17H,2-10,13-14H2,1H3;7-8,12-15H,1-6,9-11H2;1-5,7,9,13-15H,6,8,10-11H2;7-8,11-13H,4-6,9-10H2,1-3H3;4-5,10-12H,6-9H2,1-3H3;1-2,8-11H,3-7H2;4-5,8-10H,6-7H2,1-3H3. The van der Waals surface area contributed by atoms with E-state index < -0.39 is 26.4 Å². The minimum atomic E-state index is -2.47. The maximum atomic E-state index is 6.01. The van der Waals surface area contributed by atoms with E-state index in [4.69, 9.17) is 54.0 Å². The monoisotopic (exact) mass is 1810 g/mol. The van der Waals surface area contributed by atoms with Crippen molar-refractivity contribution in [1.82, 2.24) is 0 Å². The number of hydrogen-bond donors (Lipinski definition) is 0. The molecule has 16 aliphatic carbocycles. The molecule has 10 fully saturated rings. The van der Waals surface area contributed by atoms with E-state index in [1.165, 1.54) is 295 Å². The molecule has 718 valence electrons. The molecule has 0 spiro atoms. The van der Waals surface area contributed by atoms with E-state index in [9.17, 15) is 0 Å². The number of unbranched alkanes of at least 4 members (excludes halogenated alkanes) is 19. The second-order valence-corrected chi connectivity index (χ2v) is 51.7. The molecule has 16 bridgehead atoms. The van der Waals surface area contributed by atoms with Gasteiger partial charge in [0.15, 0.2) is 0 Å². The van der Waals surface area contributed by atoms with E-state index in [1.807, 2.05) is 20.8 Å². The van der Waals surface area contributed by atoms with Gasteiger partial charge in [0.25, 0.3) is 0 Å². The largest absolute Gasteiger partial charge is 0.504 e. The number of ether oxygens (including phenoxy) is 3. The van der Waals surface area contributed by atoms with Gasteiger partial charge in [-0.1, -0.05) is 283 Å². The van der Waals surface area contributed by atoms with Crippen LogP contribution in [0.5, 0.6) is 0 Å². The summed E-state index contributed by atoms with van der Waals surface area (Å²) in [6.45, 7) is 16.5. The van der Waals surface area contributed by atoms with Gasteiger partial charge >= 0.3 is 26.4 Å². The average molecular weight is 1810 g/mol. The lowest BCUT2D eigenvalue weighted by Crippen LogP contribution is -2.51. The van der Waals surface area contributed by atoms with E-state index >= 15 is 0 Å². The van der Waals surface area contributed by atoms with Gasteiger partial charge in [0.1, 0.15) is 6.10 Å². The van der Waals surface area contributed by atoms with Crippen molar-refractivity contribution in [3.63, 3.8) is 0 Å². The first-order chi connectivity index (χ1) is 62.3. The fourth-order valence-electron chi connectivity index (χ4n) is 26.6. The molecule has 0 aromatic heterocycles. The average Bonchev–Trinajstić information content (AvgIpc) is 1.63. The highest BCUT2D eigenvalue weighted by molar-refractivity contribution is 6.63. The van der Waals surface area contributed by atoms with Crippen molar-refractivity contribution in [3.05, 3.63) is 133 Å². The van der Waals surface area contributed by atoms with E-state index in [2.05, 4.69) is 141 Å². The summed E-state index contributed by atoms with van der Waals surface area (Å²) in [5.74, 6) is 19.5. The molecule has 26 atom stereocenters. The number of hydrogen-bond acceptors (Lipinski definition) is 12. The molecule has 0 amide bonds. The molecular formula is C112H186O12Si3. The lowest BCUT2D eigenvalue weighted by molar-refractivity contribution is 0.0577. The van der Waals surface area contributed by atoms with Crippen LogP contribution in [0.4, 0.5) is 0 Å². The first kappa shape index (κ1) is 103. The van der Waals surface area contributed by atoms with Crippen LogP contribution >= 0.6 is 0 Å². The Balaban J connectivity index is 0.000000132. The maximum absolute atomic E-state index is 6.01. The Morgan fingerprint density at radius 2 is 0.575 bits per heavy atom. The summed E-state index contributed by atoms with van der Waals surface area (Å²) in [5, 5.41) is 0. The Hall–Kier alpha value is -2.69. The minimum absolute atomic E-state index is 0.425. The van der Waals surface area contributed by atoms with E-state index in [0.29, 0.717) is 54.9 Å². The van der Waals surface area contributed by atoms with Crippen LogP contribution in [-0.4, -0.2) is 128 Å². The van der Waals surface area contributed by atoms with Crippen molar-refractivity contribution in [2.24, 2.45) is 130 Å². The molecule has 1 aromatic rings. The van der Waals surface area contributed by atoms with Gasteiger partial charge in [-0.25, -0.2) is 0 Å². The summed E-state index contributed by atoms with van der Waals surface area (Å²) in [7, 11) is 3.00. The van der Waals surface area contributed by atoms with E-state index in [1.54, 1.807) is 42.7 Å². The van der Waals surface area contributed by atoms with Crippen molar-refractivity contribution in [3.8, 4) is 0 Å². The Morgan fingerprint density at radius 3 is 0.866 bits per heavy atom. The van der Waals surface area contributed by atoms with Crippen molar-refractivity contribution in [1.29, 1.82) is 0 Å². The summed E-state index contributed by atoms with van der Waals surface area (Å²) in [6, 6.07) is 11.8. The van der Waals surface area contributed by atoms with Crippen molar-refractivity contribution in [2.45, 2.75) is 353 Å². The zero-order valence-electron chi connectivity index (χ0n) is 82.5. The van der Waals surface area contributed by atoms with Gasteiger partial charge in [0, 0.05) is 79.6 Å². The van der Waals surface area contributed by atoms with Gasteiger partial charge in [-0.2, -0.15) is 0 Å². The minimum Gasteiger partial charge on any atom is -0.378 e. The number of allylic oxidation sites excluding steroid dienone is 16. The van der Waals surface area contributed by atoms with Crippen molar-refractivity contribution in [2.75, 3.05) is 88.9 Å². The van der Waals surface area contributed by atoms with Crippen LogP contribution in [0, 0.1) is 130 Å². The van der Waals surface area contributed by atoms with Crippen LogP contribution in [0.3, 0.4) is 0 Å². The Morgan fingerprint density at radius 1 is 0.276 bits per heavy atom. The molecule has 0 radical (unpaired) electrons. The van der Waals surface area contributed by atoms with Crippen LogP contribution in [0.2, 0.25) is 17.1 Å². The van der Waals surface area contributed by atoms with Crippen molar-refractivity contribution >= 4 is 26.4 Å². The summed E-state index contributed by atoms with van der Waals surface area (Å²) >= 11 is 0. The molecule has 127 heavy (non-hydrogen) atoms. The molecule has 15 heteroatoms. The van der Waals surface area contributed by atoms with Gasteiger partial charge < -0.3 is 54.0 Å². The lowest BCUT2D eigenvalue weighted by atomic mass is 9.88. The molecule has 12 nitrogen and oxygen atoms in total. The second kappa shape index (κ2) is 55.5. The first-order valence-corrected chi connectivity index (χ1v) is 59.4. The van der Waals surface area contributed by atoms with Gasteiger partial charge in [-0.3, -0.25) is 0 Å². The predicted molar refractivity (Wildman–Crippen MR) is 531 cm³/mol. The topological polar surface area (TPSA) is 117 Å². The molecule has 19 rings (SSSR count). The Kier molecular flexibility index (Phi) is 45.1. The zero-order chi connectivity index (χ0) is 88.9. The van der Waals surface area contributed by atoms with E-state index in [0.717, 1.165) is 151 Å². The molecule has 2 saturated heterocycles. The highest BCUT2D eigenvalue weighted by Crippen LogP contribution is 2.56. The summed E-state index contributed by atoms with van der Waals surface area (Å²) in [6.07, 6.45) is 104. The first-order valence-electron chi connectivity index (χ1n) is 53.8. The molecule has 26 unspecified atom stereocenters. The Labute approximate surface area is 780 Å². The summed E-state index contributed by atoms with van der Waals surface area (Å²) in [5.41, 5.74) is 2.46. The number of epoxide rings is 2. The predicted octanol–water partition coefficient (Wildman–Crippen LogP) is 28.9. The van der Waals surface area contributed by atoms with Gasteiger partial charge in [-0.05, 0) is 304 Å². The highest BCUT2D eigenvalue weighted by Gasteiger charge is 2.58. The number of benzene rings is 1. The van der Waals surface area contributed by atoms with Crippen LogP contribution in [0.25, 0.3) is 0 Å². The second-order valence-electron chi connectivity index (χ2n) is 42.7. The molecule has 1 aromatic carbocycles. The number of aryl methyl sites for hydroxylation is 1. The fraction of sp³-hybridized carbons (Fsp3) is 0.804. The molecule has 2 heterocycles. The summed E-state index contributed by atoms with van der Waals surface area (Å²) in [4.78, 5) is 0. The summed E-state index contributed by atoms with van der Waals surface area (Å²) < 4.78 is 66.9. The van der Waals surface area contributed by atoms with Crippen LogP contribution in [-0.2, 0) is 60.5 Å². The Bertz CT molecular complexity index is 3380. The lowest BCUT2D eigenvalue weighted by Gasteiger charge is -2.36. The fourth-order valence-corrected chi connectivity index (χ4v) is 34.6. The smallest absolute Gasteiger partial charge is 0.378 e. The van der Waals surface area contributed by atoms with Crippen molar-refractivity contribution < 1.29 is 54.0 Å². The van der Waals surface area contributed by atoms with Gasteiger partial charge in [0.2, 0.25) is 0 Å².